The van der Waals surface area contributed by atoms with Crippen molar-refractivity contribution in [2.45, 2.75) is 31.6 Å². The van der Waals surface area contributed by atoms with Crippen molar-refractivity contribution in [1.29, 1.82) is 0 Å². The molecule has 26 heavy (non-hydrogen) atoms. The highest BCUT2D eigenvalue weighted by Gasteiger charge is 2.17. The average molecular weight is 382 g/mol. The zero-order valence-electron chi connectivity index (χ0n) is 14.2. The van der Waals surface area contributed by atoms with Crippen molar-refractivity contribution in [2.75, 3.05) is 18.0 Å². The highest BCUT2D eigenvalue weighted by Crippen LogP contribution is 2.16. The van der Waals surface area contributed by atoms with Crippen LogP contribution >= 0.6 is 0 Å². The van der Waals surface area contributed by atoms with Crippen LogP contribution < -0.4 is 9.62 Å². The van der Waals surface area contributed by atoms with Crippen LogP contribution in [0.1, 0.15) is 30.5 Å². The van der Waals surface area contributed by atoms with Crippen LogP contribution in [0.5, 0.6) is 0 Å². The Hall–Kier alpha value is -2.13. The van der Waals surface area contributed by atoms with E-state index in [1.54, 1.807) is 12.3 Å². The molecule has 1 fully saturated rings. The molecule has 1 aliphatic rings. The lowest BCUT2D eigenvalue weighted by molar-refractivity contribution is 0.564. The zero-order valence-corrected chi connectivity index (χ0v) is 15.0. The Bertz CT molecular complexity index is 871. The summed E-state index contributed by atoms with van der Waals surface area (Å²) in [6, 6.07) is 4.36. The van der Waals surface area contributed by atoms with Gasteiger partial charge in [0.1, 0.15) is 11.6 Å². The molecule has 0 atom stereocenters. The Labute approximate surface area is 151 Å². The molecule has 1 aliphatic heterocycles. The molecule has 0 bridgehead atoms. The number of nitrogens with zero attached hydrogens (tertiary/aromatic N) is 3. The van der Waals surface area contributed by atoms with Gasteiger partial charge >= 0.3 is 0 Å². The van der Waals surface area contributed by atoms with Gasteiger partial charge in [0.25, 0.3) is 0 Å². The lowest BCUT2D eigenvalue weighted by Crippen LogP contribution is -2.31. The summed E-state index contributed by atoms with van der Waals surface area (Å²) in [5.41, 5.74) is 0.304. The number of benzene rings is 1. The number of sulfonamides is 1. The number of aromatic nitrogens is 2. The molecule has 1 N–H and O–H groups in total. The fourth-order valence-corrected chi connectivity index (χ4v) is 3.92. The van der Waals surface area contributed by atoms with Crippen molar-refractivity contribution in [2.24, 2.45) is 0 Å². The minimum atomic E-state index is -3.84. The number of hydrogen-bond donors (Lipinski definition) is 1. The maximum absolute atomic E-state index is 13.6. The van der Waals surface area contributed by atoms with E-state index < -0.39 is 27.4 Å². The first-order valence-corrected chi connectivity index (χ1v) is 10.1. The van der Waals surface area contributed by atoms with Crippen LogP contribution in [0.4, 0.5) is 14.7 Å². The summed E-state index contributed by atoms with van der Waals surface area (Å²) >= 11 is 0. The average Bonchev–Trinajstić information content (AvgIpc) is 2.64. The molecule has 2 aromatic rings. The molecule has 0 saturated carbocycles. The summed E-state index contributed by atoms with van der Waals surface area (Å²) < 4.78 is 53.5. The minimum Gasteiger partial charge on any atom is -0.341 e. The van der Waals surface area contributed by atoms with E-state index >= 15 is 0 Å². The standard InChI is InChI=1S/C17H20F2N4O2S/c18-14-4-5-16(19)13(10-14)12-26(24,25)21-11-15-6-7-20-17(22-15)23-8-2-1-3-9-23/h4-7,10,21H,1-3,8-9,11-12H2. The van der Waals surface area contributed by atoms with Gasteiger partial charge in [-0.3, -0.25) is 0 Å². The molecule has 6 nitrogen and oxygen atoms in total. The van der Waals surface area contributed by atoms with Crippen LogP contribution in [-0.4, -0.2) is 31.5 Å². The van der Waals surface area contributed by atoms with Gasteiger partial charge in [0.05, 0.1) is 18.0 Å². The van der Waals surface area contributed by atoms with E-state index in [1.807, 2.05) is 0 Å². The monoisotopic (exact) mass is 382 g/mol. The summed E-state index contributed by atoms with van der Waals surface area (Å²) in [5.74, 6) is -1.50. The topological polar surface area (TPSA) is 75.2 Å². The van der Waals surface area contributed by atoms with Gasteiger partial charge in [0.15, 0.2) is 0 Å². The SMILES string of the molecule is O=S(=O)(Cc1cc(F)ccc1F)NCc1ccnc(N2CCCCC2)n1. The molecule has 0 radical (unpaired) electrons. The molecular formula is C17H20F2N4O2S. The van der Waals surface area contributed by atoms with Gasteiger partial charge in [0.2, 0.25) is 16.0 Å². The van der Waals surface area contributed by atoms with Gasteiger partial charge in [-0.2, -0.15) is 0 Å². The molecule has 9 heteroatoms. The van der Waals surface area contributed by atoms with Crippen molar-refractivity contribution < 1.29 is 17.2 Å². The van der Waals surface area contributed by atoms with E-state index in [1.165, 1.54) is 6.42 Å². The summed E-state index contributed by atoms with van der Waals surface area (Å²) in [6.07, 6.45) is 4.94. The van der Waals surface area contributed by atoms with E-state index in [9.17, 15) is 17.2 Å². The largest absolute Gasteiger partial charge is 0.341 e. The van der Waals surface area contributed by atoms with Crippen LogP contribution in [0.3, 0.4) is 0 Å². The maximum atomic E-state index is 13.6. The van der Waals surface area contributed by atoms with Gasteiger partial charge < -0.3 is 4.90 Å². The molecule has 2 heterocycles. The molecule has 1 aromatic carbocycles. The number of piperidine rings is 1. The predicted molar refractivity (Wildman–Crippen MR) is 93.9 cm³/mol. The quantitative estimate of drug-likeness (QED) is 0.830. The Balaban J connectivity index is 1.65. The van der Waals surface area contributed by atoms with E-state index in [0.717, 1.165) is 44.1 Å². The third-order valence-corrected chi connectivity index (χ3v) is 5.44. The van der Waals surface area contributed by atoms with Crippen LogP contribution in [0.25, 0.3) is 0 Å². The van der Waals surface area contributed by atoms with Crippen LogP contribution in [0, 0.1) is 11.6 Å². The normalized spacial score (nSPS) is 15.2. The van der Waals surface area contributed by atoms with E-state index in [-0.39, 0.29) is 12.1 Å². The fourth-order valence-electron chi connectivity index (χ4n) is 2.82. The van der Waals surface area contributed by atoms with E-state index in [2.05, 4.69) is 19.6 Å². The number of hydrogen-bond acceptors (Lipinski definition) is 5. The molecule has 1 saturated heterocycles. The predicted octanol–water partition coefficient (Wildman–Crippen LogP) is 2.36. The number of halogens is 2. The van der Waals surface area contributed by atoms with Crippen LogP contribution in [0.15, 0.2) is 30.5 Å². The molecule has 140 valence electrons. The van der Waals surface area contributed by atoms with E-state index in [4.69, 9.17) is 0 Å². The molecule has 0 unspecified atom stereocenters. The second kappa shape index (κ2) is 8.05. The Kier molecular flexibility index (Phi) is 5.77. The van der Waals surface area contributed by atoms with Gasteiger partial charge in [-0.05, 0) is 43.5 Å². The summed E-state index contributed by atoms with van der Waals surface area (Å²) in [6.45, 7) is 1.73. The van der Waals surface area contributed by atoms with Gasteiger partial charge in [-0.25, -0.2) is 31.9 Å². The number of rotatable bonds is 6. The van der Waals surface area contributed by atoms with Crippen molar-refractivity contribution in [3.8, 4) is 0 Å². The lowest BCUT2D eigenvalue weighted by Gasteiger charge is -2.26. The highest BCUT2D eigenvalue weighted by atomic mass is 32.2. The van der Waals surface area contributed by atoms with Crippen molar-refractivity contribution in [1.82, 2.24) is 14.7 Å². The Morgan fingerprint density at radius 2 is 1.88 bits per heavy atom. The highest BCUT2D eigenvalue weighted by molar-refractivity contribution is 7.88. The molecule has 0 spiro atoms. The molecule has 0 amide bonds. The van der Waals surface area contributed by atoms with E-state index in [0.29, 0.717) is 11.6 Å². The summed E-state index contributed by atoms with van der Waals surface area (Å²) in [5, 5.41) is 0. The third kappa shape index (κ3) is 4.95. The summed E-state index contributed by atoms with van der Waals surface area (Å²) in [7, 11) is -3.84. The first kappa shape index (κ1) is 18.7. The zero-order chi connectivity index (χ0) is 18.6. The summed E-state index contributed by atoms with van der Waals surface area (Å²) in [4.78, 5) is 10.7. The number of nitrogens with one attached hydrogen (secondary N) is 1. The third-order valence-electron chi connectivity index (χ3n) is 4.17. The molecule has 3 rings (SSSR count). The first-order chi connectivity index (χ1) is 12.4. The molecule has 1 aromatic heterocycles. The molecule has 0 aliphatic carbocycles. The Morgan fingerprint density at radius 3 is 2.65 bits per heavy atom. The van der Waals surface area contributed by atoms with Crippen LogP contribution in [0.2, 0.25) is 0 Å². The smallest absolute Gasteiger partial charge is 0.225 e. The van der Waals surface area contributed by atoms with Crippen LogP contribution in [-0.2, 0) is 22.3 Å². The van der Waals surface area contributed by atoms with Crippen molar-refractivity contribution in [3.05, 3.63) is 53.4 Å². The molecular weight excluding hydrogens is 362 g/mol. The van der Waals surface area contributed by atoms with Crippen molar-refractivity contribution >= 4 is 16.0 Å². The second-order valence-corrected chi connectivity index (χ2v) is 8.02. The Morgan fingerprint density at radius 1 is 1.12 bits per heavy atom. The van der Waals surface area contributed by atoms with Gasteiger partial charge in [-0.1, -0.05) is 0 Å². The lowest BCUT2D eigenvalue weighted by atomic mass is 10.1. The van der Waals surface area contributed by atoms with Crippen molar-refractivity contribution in [3.63, 3.8) is 0 Å². The van der Waals surface area contributed by atoms with Gasteiger partial charge in [0, 0.05) is 24.8 Å². The number of anilines is 1. The second-order valence-electron chi connectivity index (χ2n) is 6.21. The minimum absolute atomic E-state index is 0.0391. The first-order valence-electron chi connectivity index (χ1n) is 8.41. The maximum Gasteiger partial charge on any atom is 0.225 e. The fraction of sp³-hybridized carbons (Fsp3) is 0.412. The van der Waals surface area contributed by atoms with Gasteiger partial charge in [-0.15, -0.1) is 0 Å².